The van der Waals surface area contributed by atoms with Crippen LogP contribution in [0.1, 0.15) is 11.1 Å². The molecule has 1 heterocycles. The van der Waals surface area contributed by atoms with Gasteiger partial charge in [-0.1, -0.05) is 29.8 Å². The Kier molecular flexibility index (Phi) is 4.73. The fraction of sp³-hybridized carbons (Fsp3) is 0.500. The summed E-state index contributed by atoms with van der Waals surface area (Å²) in [4.78, 5) is 11.8. The molecule has 1 amide bonds. The van der Waals surface area contributed by atoms with Crippen LogP contribution in [0.25, 0.3) is 0 Å². The van der Waals surface area contributed by atoms with Crippen molar-refractivity contribution in [2.24, 2.45) is 0 Å². The van der Waals surface area contributed by atoms with Gasteiger partial charge in [0.15, 0.2) is 0 Å². The number of carbonyl (C=O) groups excluding carboxylic acids is 1. The highest BCUT2D eigenvalue weighted by molar-refractivity contribution is 5.81. The van der Waals surface area contributed by atoms with Gasteiger partial charge in [0, 0.05) is 19.6 Å². The lowest BCUT2D eigenvalue weighted by molar-refractivity contribution is -0.134. The lowest BCUT2D eigenvalue weighted by Gasteiger charge is -2.22. The minimum atomic E-state index is -0.336. The Morgan fingerprint density at radius 2 is 2.22 bits per heavy atom. The molecule has 2 N–H and O–H groups in total. The van der Waals surface area contributed by atoms with Crippen LogP contribution in [0.4, 0.5) is 0 Å². The van der Waals surface area contributed by atoms with E-state index >= 15 is 0 Å². The van der Waals surface area contributed by atoms with Crippen molar-refractivity contribution in [3.05, 3.63) is 35.4 Å². The molecule has 0 aromatic heterocycles. The summed E-state index contributed by atoms with van der Waals surface area (Å²) >= 11 is 0. The molecule has 1 aromatic rings. The molecule has 1 fully saturated rings. The molecule has 0 bridgehead atoms. The van der Waals surface area contributed by atoms with Gasteiger partial charge >= 0.3 is 0 Å². The lowest BCUT2D eigenvalue weighted by atomic mass is 10.1. The van der Waals surface area contributed by atoms with Crippen LogP contribution in [0.3, 0.4) is 0 Å². The SMILES string of the molecule is Cc1ccc(CCNC(=O)C2CNCCO2)cc1. The van der Waals surface area contributed by atoms with Crippen LogP contribution in [0.5, 0.6) is 0 Å². The predicted molar refractivity (Wildman–Crippen MR) is 70.5 cm³/mol. The number of nitrogens with one attached hydrogen (secondary N) is 2. The highest BCUT2D eigenvalue weighted by Crippen LogP contribution is 2.03. The summed E-state index contributed by atoms with van der Waals surface area (Å²) in [6.07, 6.45) is 0.517. The first-order valence-electron chi connectivity index (χ1n) is 6.41. The van der Waals surface area contributed by atoms with Crippen molar-refractivity contribution in [1.29, 1.82) is 0 Å². The molecule has 1 unspecified atom stereocenters. The topological polar surface area (TPSA) is 50.4 Å². The minimum absolute atomic E-state index is 0.0192. The number of carbonyl (C=O) groups is 1. The van der Waals surface area contributed by atoms with Gasteiger partial charge < -0.3 is 15.4 Å². The Balaban J connectivity index is 1.71. The molecule has 4 heteroatoms. The normalized spacial score (nSPS) is 19.5. The van der Waals surface area contributed by atoms with Crippen LogP contribution in [0.2, 0.25) is 0 Å². The van der Waals surface area contributed by atoms with Crippen LogP contribution in [0, 0.1) is 6.92 Å². The summed E-state index contributed by atoms with van der Waals surface area (Å²) in [7, 11) is 0. The molecule has 1 aliphatic heterocycles. The molecule has 1 aliphatic rings. The molecule has 18 heavy (non-hydrogen) atoms. The number of aryl methyl sites for hydroxylation is 1. The maximum absolute atomic E-state index is 11.8. The van der Waals surface area contributed by atoms with Crippen molar-refractivity contribution >= 4 is 5.91 Å². The molecule has 1 atom stereocenters. The van der Waals surface area contributed by atoms with Gasteiger partial charge in [-0.3, -0.25) is 4.79 Å². The van der Waals surface area contributed by atoms with Gasteiger partial charge in [0.2, 0.25) is 5.91 Å². The van der Waals surface area contributed by atoms with Crippen LogP contribution in [-0.4, -0.2) is 38.3 Å². The number of amides is 1. The van der Waals surface area contributed by atoms with Gasteiger partial charge in [-0.25, -0.2) is 0 Å². The van der Waals surface area contributed by atoms with E-state index in [1.165, 1.54) is 11.1 Å². The Bertz CT molecular complexity index is 383. The van der Waals surface area contributed by atoms with Gasteiger partial charge in [-0.15, -0.1) is 0 Å². The first-order chi connectivity index (χ1) is 8.75. The molecule has 2 rings (SSSR count). The van der Waals surface area contributed by atoms with Crippen LogP contribution < -0.4 is 10.6 Å². The van der Waals surface area contributed by atoms with Crippen molar-refractivity contribution in [2.45, 2.75) is 19.4 Å². The van der Waals surface area contributed by atoms with Crippen molar-refractivity contribution in [3.63, 3.8) is 0 Å². The summed E-state index contributed by atoms with van der Waals surface area (Å²) in [5.41, 5.74) is 2.49. The highest BCUT2D eigenvalue weighted by atomic mass is 16.5. The van der Waals surface area contributed by atoms with Gasteiger partial charge in [0.25, 0.3) is 0 Å². The zero-order chi connectivity index (χ0) is 12.8. The summed E-state index contributed by atoms with van der Waals surface area (Å²) in [5.74, 6) is -0.0192. The first-order valence-corrected chi connectivity index (χ1v) is 6.41. The molecular weight excluding hydrogens is 228 g/mol. The zero-order valence-corrected chi connectivity index (χ0v) is 10.7. The second-order valence-corrected chi connectivity index (χ2v) is 4.59. The number of benzene rings is 1. The van der Waals surface area contributed by atoms with E-state index in [9.17, 15) is 4.79 Å². The Morgan fingerprint density at radius 1 is 1.44 bits per heavy atom. The third-order valence-corrected chi connectivity index (χ3v) is 3.05. The molecule has 0 radical (unpaired) electrons. The average molecular weight is 248 g/mol. The van der Waals surface area contributed by atoms with E-state index in [-0.39, 0.29) is 12.0 Å². The summed E-state index contributed by atoms with van der Waals surface area (Å²) in [6, 6.07) is 8.37. The molecule has 0 saturated carbocycles. The fourth-order valence-corrected chi connectivity index (χ4v) is 1.93. The lowest BCUT2D eigenvalue weighted by Crippen LogP contribution is -2.48. The molecular formula is C14H20N2O2. The van der Waals surface area contributed by atoms with E-state index < -0.39 is 0 Å². The number of morpholine rings is 1. The Morgan fingerprint density at radius 3 is 2.89 bits per heavy atom. The highest BCUT2D eigenvalue weighted by Gasteiger charge is 2.20. The largest absolute Gasteiger partial charge is 0.366 e. The number of hydrogen-bond donors (Lipinski definition) is 2. The van der Waals surface area contributed by atoms with E-state index in [1.54, 1.807) is 0 Å². The van der Waals surface area contributed by atoms with E-state index in [1.807, 2.05) is 0 Å². The van der Waals surface area contributed by atoms with Crippen LogP contribution in [-0.2, 0) is 16.0 Å². The van der Waals surface area contributed by atoms with Crippen molar-refractivity contribution < 1.29 is 9.53 Å². The van der Waals surface area contributed by atoms with Crippen LogP contribution >= 0.6 is 0 Å². The quantitative estimate of drug-likeness (QED) is 0.822. The van der Waals surface area contributed by atoms with Gasteiger partial charge in [-0.05, 0) is 18.9 Å². The van der Waals surface area contributed by atoms with Crippen molar-refractivity contribution in [1.82, 2.24) is 10.6 Å². The molecule has 1 aromatic carbocycles. The molecule has 4 nitrogen and oxygen atoms in total. The summed E-state index contributed by atoms with van der Waals surface area (Å²) in [6.45, 7) is 4.76. The second kappa shape index (κ2) is 6.52. The third kappa shape index (κ3) is 3.82. The molecule has 0 aliphatic carbocycles. The number of hydrogen-bond acceptors (Lipinski definition) is 3. The molecule has 0 spiro atoms. The van der Waals surface area contributed by atoms with E-state index in [0.717, 1.165) is 13.0 Å². The summed E-state index contributed by atoms with van der Waals surface area (Å²) in [5, 5.41) is 6.06. The van der Waals surface area contributed by atoms with E-state index in [2.05, 4.69) is 41.8 Å². The Labute approximate surface area is 108 Å². The van der Waals surface area contributed by atoms with E-state index in [4.69, 9.17) is 4.74 Å². The van der Waals surface area contributed by atoms with Crippen molar-refractivity contribution in [3.8, 4) is 0 Å². The maximum Gasteiger partial charge on any atom is 0.250 e. The van der Waals surface area contributed by atoms with Gasteiger partial charge in [0.05, 0.1) is 6.61 Å². The monoisotopic (exact) mass is 248 g/mol. The summed E-state index contributed by atoms with van der Waals surface area (Å²) < 4.78 is 5.38. The number of ether oxygens (including phenoxy) is 1. The second-order valence-electron chi connectivity index (χ2n) is 4.59. The molecule has 98 valence electrons. The zero-order valence-electron chi connectivity index (χ0n) is 10.7. The standard InChI is InChI=1S/C14H20N2O2/c1-11-2-4-12(5-3-11)6-7-16-14(17)13-10-15-8-9-18-13/h2-5,13,15H,6-10H2,1H3,(H,16,17). The Hall–Kier alpha value is -1.39. The average Bonchev–Trinajstić information content (AvgIpc) is 2.42. The molecule has 1 saturated heterocycles. The van der Waals surface area contributed by atoms with Gasteiger partial charge in [0.1, 0.15) is 6.10 Å². The smallest absolute Gasteiger partial charge is 0.250 e. The van der Waals surface area contributed by atoms with Crippen molar-refractivity contribution in [2.75, 3.05) is 26.2 Å². The van der Waals surface area contributed by atoms with Gasteiger partial charge in [-0.2, -0.15) is 0 Å². The fourth-order valence-electron chi connectivity index (χ4n) is 1.93. The number of rotatable bonds is 4. The minimum Gasteiger partial charge on any atom is -0.366 e. The van der Waals surface area contributed by atoms with Crippen LogP contribution in [0.15, 0.2) is 24.3 Å². The third-order valence-electron chi connectivity index (χ3n) is 3.05. The predicted octanol–water partition coefficient (Wildman–Crippen LogP) is 0.642. The maximum atomic E-state index is 11.8. The first kappa shape index (κ1) is 13.1. The van der Waals surface area contributed by atoms with E-state index in [0.29, 0.717) is 19.7 Å².